The number of nitrogens with one attached hydrogen (secondary N) is 1. The van der Waals surface area contributed by atoms with Gasteiger partial charge in [-0.15, -0.1) is 5.10 Å². The molecule has 0 spiro atoms. The second-order valence-electron chi connectivity index (χ2n) is 4.14. The number of hydrogen-bond donors (Lipinski definition) is 1. The summed E-state index contributed by atoms with van der Waals surface area (Å²) < 4.78 is 41.6. The fourth-order valence-corrected chi connectivity index (χ4v) is 2.00. The van der Waals surface area contributed by atoms with Crippen LogP contribution in [0, 0.1) is 0 Å². The first-order chi connectivity index (χ1) is 9.04. The minimum atomic E-state index is -4.30. The van der Waals surface area contributed by atoms with Crippen LogP contribution in [-0.4, -0.2) is 51.5 Å². The first kappa shape index (κ1) is 14.5. The van der Waals surface area contributed by atoms with E-state index in [0.29, 0.717) is 17.7 Å². The summed E-state index contributed by atoms with van der Waals surface area (Å²) in [7, 11) is 0. The average Bonchev–Trinajstić information content (AvgIpc) is 3.03. The second kappa shape index (κ2) is 6.53. The van der Waals surface area contributed by atoms with E-state index in [2.05, 4.69) is 25.6 Å². The van der Waals surface area contributed by atoms with Gasteiger partial charge in [0.25, 0.3) is 0 Å². The molecule has 0 amide bonds. The van der Waals surface area contributed by atoms with Crippen LogP contribution in [0.2, 0.25) is 0 Å². The molecule has 1 fully saturated rings. The minimum absolute atomic E-state index is 0.129. The Labute approximate surface area is 112 Å². The Balaban J connectivity index is 1.66. The van der Waals surface area contributed by atoms with Crippen LogP contribution in [0.4, 0.5) is 13.2 Å². The van der Waals surface area contributed by atoms with Crippen molar-refractivity contribution >= 4 is 11.8 Å². The maximum Gasteiger partial charge on any atom is 0.411 e. The van der Waals surface area contributed by atoms with Crippen molar-refractivity contribution in [2.75, 3.05) is 19.1 Å². The molecule has 108 valence electrons. The first-order valence-corrected chi connectivity index (χ1v) is 6.80. The van der Waals surface area contributed by atoms with Gasteiger partial charge in [0.15, 0.2) is 0 Å². The summed E-state index contributed by atoms with van der Waals surface area (Å²) in [6, 6.07) is 0.600. The minimum Gasteiger partial charge on any atom is -0.361 e. The van der Waals surface area contributed by atoms with Gasteiger partial charge in [-0.25, -0.2) is 4.68 Å². The fourth-order valence-electron chi connectivity index (χ4n) is 1.35. The Morgan fingerprint density at radius 2 is 2.21 bits per heavy atom. The van der Waals surface area contributed by atoms with Gasteiger partial charge in [-0.2, -0.15) is 13.2 Å². The van der Waals surface area contributed by atoms with E-state index < -0.39 is 12.8 Å². The predicted molar refractivity (Wildman–Crippen MR) is 61.6 cm³/mol. The number of tetrazole rings is 1. The predicted octanol–water partition coefficient (Wildman–Crippen LogP) is 1.05. The molecule has 1 aliphatic rings. The zero-order chi connectivity index (χ0) is 13.7. The van der Waals surface area contributed by atoms with Gasteiger partial charge in [0.2, 0.25) is 5.16 Å². The zero-order valence-corrected chi connectivity index (χ0v) is 10.9. The summed E-state index contributed by atoms with van der Waals surface area (Å²) in [6.45, 7) is 0.0720. The third kappa shape index (κ3) is 5.74. The second-order valence-corrected chi connectivity index (χ2v) is 5.03. The number of thioether (sulfide) groups is 1. The number of rotatable bonds is 8. The van der Waals surface area contributed by atoms with Crippen LogP contribution in [0.25, 0.3) is 0 Å². The number of nitrogens with zero attached hydrogens (tertiary/aromatic N) is 4. The third-order valence-electron chi connectivity index (χ3n) is 2.37. The molecule has 0 bridgehead atoms. The summed E-state index contributed by atoms with van der Waals surface area (Å²) in [4.78, 5) is 0. The lowest BCUT2D eigenvalue weighted by Crippen LogP contribution is -2.22. The Morgan fingerprint density at radius 1 is 1.42 bits per heavy atom. The van der Waals surface area contributed by atoms with Crippen molar-refractivity contribution in [2.45, 2.75) is 36.8 Å². The fraction of sp³-hybridized carbons (Fsp3) is 0.889. The van der Waals surface area contributed by atoms with Crippen LogP contribution in [0.5, 0.6) is 0 Å². The molecule has 1 aromatic heterocycles. The van der Waals surface area contributed by atoms with E-state index in [1.165, 1.54) is 12.8 Å². The standard InChI is InChI=1S/C9H14F3N5OS/c10-9(11,12)5-18-6-19-8-14-15-16-17(8)4-3-13-7-1-2-7/h7,13H,1-6H2. The molecule has 19 heavy (non-hydrogen) atoms. The molecule has 0 aromatic carbocycles. The summed E-state index contributed by atoms with van der Waals surface area (Å²) >= 11 is 1.05. The Morgan fingerprint density at radius 3 is 2.89 bits per heavy atom. The van der Waals surface area contributed by atoms with Crippen molar-refractivity contribution < 1.29 is 17.9 Å². The third-order valence-corrected chi connectivity index (χ3v) is 3.21. The Kier molecular flexibility index (Phi) is 4.99. The molecule has 2 rings (SSSR count). The van der Waals surface area contributed by atoms with Gasteiger partial charge in [-0.05, 0) is 23.3 Å². The molecule has 1 aliphatic carbocycles. The Hall–Kier alpha value is -0.870. The summed E-state index contributed by atoms with van der Waals surface area (Å²) in [5.74, 6) is -0.129. The molecule has 0 unspecified atom stereocenters. The van der Waals surface area contributed by atoms with E-state index in [1.807, 2.05) is 0 Å². The topological polar surface area (TPSA) is 64.9 Å². The van der Waals surface area contributed by atoms with Crippen LogP contribution in [-0.2, 0) is 11.3 Å². The van der Waals surface area contributed by atoms with Crippen LogP contribution in [0.15, 0.2) is 5.16 Å². The van der Waals surface area contributed by atoms with Crippen molar-refractivity contribution in [2.24, 2.45) is 0 Å². The van der Waals surface area contributed by atoms with Gasteiger partial charge in [-0.3, -0.25) is 0 Å². The lowest BCUT2D eigenvalue weighted by Gasteiger charge is -2.07. The molecule has 10 heteroatoms. The molecule has 1 heterocycles. The molecule has 0 aliphatic heterocycles. The van der Waals surface area contributed by atoms with Crippen molar-refractivity contribution in [1.82, 2.24) is 25.5 Å². The lowest BCUT2D eigenvalue weighted by atomic mass is 10.6. The lowest BCUT2D eigenvalue weighted by molar-refractivity contribution is -0.168. The highest BCUT2D eigenvalue weighted by atomic mass is 32.2. The average molecular weight is 297 g/mol. The number of alkyl halides is 3. The van der Waals surface area contributed by atoms with Crippen molar-refractivity contribution in [3.8, 4) is 0 Å². The summed E-state index contributed by atoms with van der Waals surface area (Å²) in [5, 5.41) is 14.8. The van der Waals surface area contributed by atoms with Gasteiger partial charge < -0.3 is 10.1 Å². The Bertz CT molecular complexity index is 395. The van der Waals surface area contributed by atoms with Gasteiger partial charge in [-0.1, -0.05) is 11.8 Å². The maximum absolute atomic E-state index is 11.9. The van der Waals surface area contributed by atoms with E-state index in [4.69, 9.17) is 0 Å². The molecular formula is C9H14F3N5OS. The molecule has 1 N–H and O–H groups in total. The van der Waals surface area contributed by atoms with E-state index in [9.17, 15) is 13.2 Å². The van der Waals surface area contributed by atoms with E-state index >= 15 is 0 Å². The monoisotopic (exact) mass is 297 g/mol. The van der Waals surface area contributed by atoms with Crippen molar-refractivity contribution in [1.29, 1.82) is 0 Å². The van der Waals surface area contributed by atoms with Crippen LogP contribution in [0.1, 0.15) is 12.8 Å². The molecule has 0 atom stereocenters. The van der Waals surface area contributed by atoms with Crippen molar-refractivity contribution in [3.05, 3.63) is 0 Å². The normalized spacial score (nSPS) is 15.9. The molecule has 0 saturated heterocycles. The van der Waals surface area contributed by atoms with Crippen molar-refractivity contribution in [3.63, 3.8) is 0 Å². The zero-order valence-electron chi connectivity index (χ0n) is 10.1. The largest absolute Gasteiger partial charge is 0.411 e. The van der Waals surface area contributed by atoms with E-state index in [0.717, 1.165) is 18.3 Å². The number of halogens is 3. The highest BCUT2D eigenvalue weighted by Gasteiger charge is 2.27. The first-order valence-electron chi connectivity index (χ1n) is 5.81. The van der Waals surface area contributed by atoms with Gasteiger partial charge in [0, 0.05) is 12.6 Å². The van der Waals surface area contributed by atoms with Crippen LogP contribution < -0.4 is 5.32 Å². The number of hydrogen-bond acceptors (Lipinski definition) is 6. The molecule has 0 radical (unpaired) electrons. The van der Waals surface area contributed by atoms with Crippen LogP contribution >= 0.6 is 11.8 Å². The highest BCUT2D eigenvalue weighted by Crippen LogP contribution is 2.19. The van der Waals surface area contributed by atoms with Gasteiger partial charge in [0.05, 0.1) is 6.54 Å². The smallest absolute Gasteiger partial charge is 0.361 e. The van der Waals surface area contributed by atoms with Gasteiger partial charge >= 0.3 is 6.18 Å². The molecule has 6 nitrogen and oxygen atoms in total. The van der Waals surface area contributed by atoms with Crippen LogP contribution in [0.3, 0.4) is 0 Å². The maximum atomic E-state index is 11.9. The summed E-state index contributed by atoms with van der Waals surface area (Å²) in [6.07, 6.45) is -1.91. The van der Waals surface area contributed by atoms with E-state index in [-0.39, 0.29) is 5.94 Å². The molecule has 1 saturated carbocycles. The number of aromatic nitrogens is 4. The molecule has 1 aromatic rings. The highest BCUT2D eigenvalue weighted by molar-refractivity contribution is 7.99. The quantitative estimate of drug-likeness (QED) is 0.440. The summed E-state index contributed by atoms with van der Waals surface area (Å²) in [5.41, 5.74) is 0. The SMILES string of the molecule is FC(F)(F)COCSc1nnnn1CCNC1CC1. The van der Waals surface area contributed by atoms with E-state index in [1.54, 1.807) is 4.68 Å². The number of ether oxygens (including phenoxy) is 1. The van der Waals surface area contributed by atoms with Gasteiger partial charge in [0.1, 0.15) is 12.5 Å². The molecular weight excluding hydrogens is 283 g/mol.